The molecular weight excluding hydrogens is 266 g/mol. The van der Waals surface area contributed by atoms with E-state index in [-0.39, 0.29) is 0 Å². The van der Waals surface area contributed by atoms with Gasteiger partial charge >= 0.3 is 0 Å². The van der Waals surface area contributed by atoms with E-state index in [9.17, 15) is 0 Å². The van der Waals surface area contributed by atoms with Crippen molar-refractivity contribution in [3.05, 3.63) is 46.8 Å². The van der Waals surface area contributed by atoms with Crippen LogP contribution in [-0.4, -0.2) is 16.0 Å². The average Bonchev–Trinajstić information content (AvgIpc) is 2.70. The second-order valence-corrected chi connectivity index (χ2v) is 6.03. The van der Waals surface area contributed by atoms with Crippen LogP contribution in [0.25, 0.3) is 0 Å². The summed E-state index contributed by atoms with van der Waals surface area (Å²) in [4.78, 5) is 1.31. The Morgan fingerprint density at radius 2 is 1.90 bits per heavy atom. The standard InChI is InChI=1S/C16H23N3S/c1-11(14-6-8-15(20-5)9-7-14)17-10-16-12(2)18-19(4)13(16)3/h6-9,11,17H,10H2,1-5H3. The molecule has 0 fully saturated rings. The Morgan fingerprint density at radius 3 is 2.40 bits per heavy atom. The van der Waals surface area contributed by atoms with Crippen LogP contribution in [0.4, 0.5) is 0 Å². The zero-order valence-corrected chi connectivity index (χ0v) is 13.7. The zero-order valence-electron chi connectivity index (χ0n) is 12.9. The molecule has 0 spiro atoms. The average molecular weight is 289 g/mol. The van der Waals surface area contributed by atoms with Crippen LogP contribution in [0.15, 0.2) is 29.2 Å². The van der Waals surface area contributed by atoms with Gasteiger partial charge < -0.3 is 5.32 Å². The maximum absolute atomic E-state index is 4.46. The fourth-order valence-corrected chi connectivity index (χ4v) is 2.75. The summed E-state index contributed by atoms with van der Waals surface area (Å²) in [5, 5.41) is 8.05. The van der Waals surface area contributed by atoms with Crippen molar-refractivity contribution < 1.29 is 0 Å². The molecule has 0 bridgehead atoms. The lowest BCUT2D eigenvalue weighted by Gasteiger charge is -2.15. The van der Waals surface area contributed by atoms with E-state index in [2.05, 4.69) is 61.7 Å². The van der Waals surface area contributed by atoms with Gasteiger partial charge in [-0.25, -0.2) is 0 Å². The summed E-state index contributed by atoms with van der Waals surface area (Å²) >= 11 is 1.77. The van der Waals surface area contributed by atoms with Gasteiger partial charge in [0.2, 0.25) is 0 Å². The molecule has 1 atom stereocenters. The van der Waals surface area contributed by atoms with E-state index in [1.165, 1.54) is 21.7 Å². The Hall–Kier alpha value is -1.26. The molecule has 20 heavy (non-hydrogen) atoms. The second kappa shape index (κ2) is 6.46. The quantitative estimate of drug-likeness (QED) is 0.853. The summed E-state index contributed by atoms with van der Waals surface area (Å²) in [6, 6.07) is 9.10. The Kier molecular flexibility index (Phi) is 4.89. The third-order valence-electron chi connectivity index (χ3n) is 3.86. The maximum Gasteiger partial charge on any atom is 0.0641 e. The van der Waals surface area contributed by atoms with Gasteiger partial charge in [-0.1, -0.05) is 12.1 Å². The molecule has 0 aliphatic carbocycles. The van der Waals surface area contributed by atoms with Gasteiger partial charge in [-0.05, 0) is 44.7 Å². The van der Waals surface area contributed by atoms with Crippen molar-refractivity contribution in [2.24, 2.45) is 7.05 Å². The van der Waals surface area contributed by atoms with Gasteiger partial charge in [0.05, 0.1) is 5.69 Å². The fourth-order valence-electron chi connectivity index (χ4n) is 2.34. The van der Waals surface area contributed by atoms with Crippen LogP contribution in [0, 0.1) is 13.8 Å². The van der Waals surface area contributed by atoms with Crippen LogP contribution >= 0.6 is 11.8 Å². The molecule has 0 saturated carbocycles. The molecule has 0 aliphatic rings. The number of aromatic nitrogens is 2. The molecule has 0 saturated heterocycles. The smallest absolute Gasteiger partial charge is 0.0641 e. The predicted octanol–water partition coefficient (Wildman–Crippen LogP) is 3.61. The number of benzene rings is 1. The summed E-state index contributed by atoms with van der Waals surface area (Å²) in [5.74, 6) is 0. The molecule has 0 aliphatic heterocycles. The summed E-state index contributed by atoms with van der Waals surface area (Å²) in [5.41, 5.74) is 4.98. The molecule has 4 heteroatoms. The SMILES string of the molecule is CSc1ccc(C(C)NCc2c(C)nn(C)c2C)cc1. The van der Waals surface area contributed by atoms with Gasteiger partial charge in [0, 0.05) is 35.8 Å². The molecule has 108 valence electrons. The molecule has 0 amide bonds. The highest BCUT2D eigenvalue weighted by Crippen LogP contribution is 2.20. The van der Waals surface area contributed by atoms with Crippen molar-refractivity contribution >= 4 is 11.8 Å². The van der Waals surface area contributed by atoms with Gasteiger partial charge in [0.1, 0.15) is 0 Å². The van der Waals surface area contributed by atoms with Crippen molar-refractivity contribution in [2.45, 2.75) is 38.3 Å². The highest BCUT2D eigenvalue weighted by Gasteiger charge is 2.11. The van der Waals surface area contributed by atoms with Crippen LogP contribution in [0.1, 0.15) is 35.5 Å². The van der Waals surface area contributed by atoms with E-state index < -0.39 is 0 Å². The van der Waals surface area contributed by atoms with E-state index in [0.29, 0.717) is 6.04 Å². The lowest BCUT2D eigenvalue weighted by atomic mass is 10.1. The minimum atomic E-state index is 0.338. The first kappa shape index (κ1) is 15.1. The topological polar surface area (TPSA) is 29.9 Å². The fraction of sp³-hybridized carbons (Fsp3) is 0.438. The molecule has 1 aromatic heterocycles. The van der Waals surface area contributed by atoms with Gasteiger partial charge in [0.15, 0.2) is 0 Å². The van der Waals surface area contributed by atoms with Gasteiger partial charge in [-0.15, -0.1) is 11.8 Å². The molecule has 3 nitrogen and oxygen atoms in total. The summed E-state index contributed by atoms with van der Waals surface area (Å²) in [6.07, 6.45) is 2.10. The largest absolute Gasteiger partial charge is 0.306 e. The summed E-state index contributed by atoms with van der Waals surface area (Å²) in [7, 11) is 2.00. The second-order valence-electron chi connectivity index (χ2n) is 5.15. The number of hydrogen-bond acceptors (Lipinski definition) is 3. The van der Waals surface area contributed by atoms with Crippen molar-refractivity contribution in [1.29, 1.82) is 0 Å². The van der Waals surface area contributed by atoms with Crippen molar-refractivity contribution in [3.8, 4) is 0 Å². The molecule has 0 radical (unpaired) electrons. The highest BCUT2D eigenvalue weighted by molar-refractivity contribution is 7.98. The maximum atomic E-state index is 4.46. The van der Waals surface area contributed by atoms with Crippen LogP contribution in [-0.2, 0) is 13.6 Å². The van der Waals surface area contributed by atoms with Crippen LogP contribution in [0.2, 0.25) is 0 Å². The zero-order chi connectivity index (χ0) is 14.7. The van der Waals surface area contributed by atoms with Gasteiger partial charge in [0.25, 0.3) is 0 Å². The summed E-state index contributed by atoms with van der Waals surface area (Å²) in [6.45, 7) is 7.25. The van der Waals surface area contributed by atoms with Crippen molar-refractivity contribution in [2.75, 3.05) is 6.26 Å². The number of thioether (sulfide) groups is 1. The van der Waals surface area contributed by atoms with Crippen LogP contribution in [0.5, 0.6) is 0 Å². The van der Waals surface area contributed by atoms with Crippen molar-refractivity contribution in [1.82, 2.24) is 15.1 Å². The number of aryl methyl sites for hydroxylation is 2. The van der Waals surface area contributed by atoms with Crippen molar-refractivity contribution in [3.63, 3.8) is 0 Å². The van der Waals surface area contributed by atoms with Crippen LogP contribution in [0.3, 0.4) is 0 Å². The third-order valence-corrected chi connectivity index (χ3v) is 4.60. The molecule has 2 aromatic rings. The first-order valence-corrected chi connectivity index (χ1v) is 8.11. The number of nitrogens with one attached hydrogen (secondary N) is 1. The van der Waals surface area contributed by atoms with E-state index in [4.69, 9.17) is 0 Å². The first-order valence-electron chi connectivity index (χ1n) is 6.89. The normalized spacial score (nSPS) is 12.7. The Morgan fingerprint density at radius 1 is 1.25 bits per heavy atom. The number of rotatable bonds is 5. The number of hydrogen-bond donors (Lipinski definition) is 1. The highest BCUT2D eigenvalue weighted by atomic mass is 32.2. The lowest BCUT2D eigenvalue weighted by molar-refractivity contribution is 0.571. The monoisotopic (exact) mass is 289 g/mol. The van der Waals surface area contributed by atoms with E-state index in [1.54, 1.807) is 11.8 Å². The third kappa shape index (κ3) is 3.25. The van der Waals surface area contributed by atoms with Gasteiger partial charge in [-0.3, -0.25) is 4.68 Å². The van der Waals surface area contributed by atoms with Gasteiger partial charge in [-0.2, -0.15) is 5.10 Å². The minimum absolute atomic E-state index is 0.338. The predicted molar refractivity (Wildman–Crippen MR) is 86.2 cm³/mol. The van der Waals surface area contributed by atoms with E-state index in [1.807, 2.05) is 11.7 Å². The van der Waals surface area contributed by atoms with E-state index >= 15 is 0 Å². The molecule has 1 heterocycles. The number of nitrogens with zero attached hydrogens (tertiary/aromatic N) is 2. The molecule has 1 N–H and O–H groups in total. The van der Waals surface area contributed by atoms with Crippen LogP contribution < -0.4 is 5.32 Å². The molecule has 1 unspecified atom stereocenters. The molecule has 1 aromatic carbocycles. The van der Waals surface area contributed by atoms with E-state index in [0.717, 1.165) is 12.2 Å². The Balaban J connectivity index is 2.02. The molecule has 2 rings (SSSR count). The molecular formula is C16H23N3S. The lowest BCUT2D eigenvalue weighted by Crippen LogP contribution is -2.18. The Bertz CT molecular complexity index is 572. The minimum Gasteiger partial charge on any atom is -0.306 e. The first-order chi connectivity index (χ1) is 9.52. The summed E-state index contributed by atoms with van der Waals surface area (Å²) < 4.78 is 1.95. The Labute approximate surface area is 125 Å².